The summed E-state index contributed by atoms with van der Waals surface area (Å²) in [5, 5.41) is 8.26. The molecule has 0 atom stereocenters. The van der Waals surface area contributed by atoms with Crippen LogP contribution in [0.2, 0.25) is 5.02 Å². The molecule has 3 aromatic rings. The van der Waals surface area contributed by atoms with Crippen molar-refractivity contribution >= 4 is 39.3 Å². The van der Waals surface area contributed by atoms with Crippen molar-refractivity contribution in [1.29, 1.82) is 0 Å². The van der Waals surface area contributed by atoms with Gasteiger partial charge in [-0.3, -0.25) is 4.79 Å². The molecule has 0 unspecified atom stereocenters. The van der Waals surface area contributed by atoms with Crippen LogP contribution >= 0.6 is 27.5 Å². The molecule has 0 spiro atoms. The molecule has 0 saturated carbocycles. The number of benzene rings is 2. The van der Waals surface area contributed by atoms with Gasteiger partial charge in [-0.25, -0.2) is 4.68 Å². The second-order valence-electron chi connectivity index (χ2n) is 7.34. The fourth-order valence-electron chi connectivity index (χ4n) is 2.65. The molecule has 0 bridgehead atoms. The normalized spacial score (nSPS) is 11.4. The first-order chi connectivity index (χ1) is 12.8. The molecule has 6 heteroatoms. The van der Waals surface area contributed by atoms with E-state index < -0.39 is 0 Å². The molecular formula is C21H21BrClN3O. The summed E-state index contributed by atoms with van der Waals surface area (Å²) in [5.41, 5.74) is 2.37. The van der Waals surface area contributed by atoms with E-state index in [-0.39, 0.29) is 17.7 Å². The lowest BCUT2D eigenvalue weighted by Gasteiger charge is -2.14. The number of amides is 1. The standard InChI is InChI=1S/C21H21BrClN3O/c1-21(2,3)18-13-19(26(25-18)17-11-7-6-10-16(17)23)24-20(27)12-14-8-4-5-9-15(14)22/h4-11,13H,12H2,1-3H3,(H,24,27). The summed E-state index contributed by atoms with van der Waals surface area (Å²) in [6.07, 6.45) is 0.264. The van der Waals surface area contributed by atoms with Crippen LogP contribution in [-0.4, -0.2) is 15.7 Å². The van der Waals surface area contributed by atoms with E-state index in [1.54, 1.807) is 4.68 Å². The molecule has 1 heterocycles. The molecule has 0 aliphatic rings. The Morgan fingerprint density at radius 1 is 1.15 bits per heavy atom. The van der Waals surface area contributed by atoms with Gasteiger partial charge in [0.15, 0.2) is 0 Å². The molecule has 27 heavy (non-hydrogen) atoms. The quantitative estimate of drug-likeness (QED) is 0.553. The number of nitrogens with one attached hydrogen (secondary N) is 1. The number of carbonyl (C=O) groups excluding carboxylic acids is 1. The third kappa shape index (κ3) is 4.60. The summed E-state index contributed by atoms with van der Waals surface area (Å²) in [4.78, 5) is 12.7. The second kappa shape index (κ2) is 7.87. The van der Waals surface area contributed by atoms with Crippen molar-refractivity contribution in [2.24, 2.45) is 0 Å². The van der Waals surface area contributed by atoms with Crippen molar-refractivity contribution in [2.45, 2.75) is 32.6 Å². The number of rotatable bonds is 4. The summed E-state index contributed by atoms with van der Waals surface area (Å²) >= 11 is 9.85. The molecule has 0 aliphatic heterocycles. The van der Waals surface area contributed by atoms with Crippen molar-refractivity contribution in [3.63, 3.8) is 0 Å². The van der Waals surface area contributed by atoms with Gasteiger partial charge in [-0.05, 0) is 23.8 Å². The van der Waals surface area contributed by atoms with Crippen molar-refractivity contribution in [3.8, 4) is 5.69 Å². The molecule has 0 radical (unpaired) electrons. The molecule has 4 nitrogen and oxygen atoms in total. The van der Waals surface area contributed by atoms with E-state index in [9.17, 15) is 4.79 Å². The minimum atomic E-state index is -0.158. The zero-order chi connectivity index (χ0) is 19.6. The Kier molecular flexibility index (Phi) is 5.72. The summed E-state index contributed by atoms with van der Waals surface area (Å²) in [5.74, 6) is 0.487. The lowest BCUT2D eigenvalue weighted by Crippen LogP contribution is -2.17. The number of para-hydroxylation sites is 1. The third-order valence-electron chi connectivity index (χ3n) is 4.13. The van der Waals surface area contributed by atoms with Gasteiger partial charge in [-0.15, -0.1) is 0 Å². The summed E-state index contributed by atoms with van der Waals surface area (Å²) in [6, 6.07) is 17.0. The number of hydrogen-bond donors (Lipinski definition) is 1. The highest BCUT2D eigenvalue weighted by molar-refractivity contribution is 9.10. The maximum absolute atomic E-state index is 12.7. The first-order valence-electron chi connectivity index (χ1n) is 8.64. The maximum Gasteiger partial charge on any atom is 0.229 e. The average Bonchev–Trinajstić information content (AvgIpc) is 3.01. The van der Waals surface area contributed by atoms with Gasteiger partial charge in [0.2, 0.25) is 5.91 Å². The average molecular weight is 447 g/mol. The zero-order valence-corrected chi connectivity index (χ0v) is 17.8. The van der Waals surface area contributed by atoms with Gasteiger partial charge in [0.25, 0.3) is 0 Å². The summed E-state index contributed by atoms with van der Waals surface area (Å²) in [7, 11) is 0. The van der Waals surface area contributed by atoms with Crippen molar-refractivity contribution in [3.05, 3.63) is 75.4 Å². The first-order valence-corrected chi connectivity index (χ1v) is 9.81. The van der Waals surface area contributed by atoms with Gasteiger partial charge < -0.3 is 5.32 Å². The lowest BCUT2D eigenvalue weighted by atomic mass is 9.92. The molecule has 1 N–H and O–H groups in total. The SMILES string of the molecule is CC(C)(C)c1cc(NC(=O)Cc2ccccc2Br)n(-c2ccccc2Cl)n1. The fourth-order valence-corrected chi connectivity index (χ4v) is 3.29. The number of nitrogens with zero attached hydrogens (tertiary/aromatic N) is 2. The lowest BCUT2D eigenvalue weighted by molar-refractivity contribution is -0.115. The molecular weight excluding hydrogens is 426 g/mol. The van der Waals surface area contributed by atoms with Gasteiger partial charge >= 0.3 is 0 Å². The predicted molar refractivity (Wildman–Crippen MR) is 114 cm³/mol. The van der Waals surface area contributed by atoms with E-state index >= 15 is 0 Å². The van der Waals surface area contributed by atoms with Crippen LogP contribution in [0.1, 0.15) is 32.0 Å². The Hall–Kier alpha value is -2.11. The van der Waals surface area contributed by atoms with E-state index in [4.69, 9.17) is 16.7 Å². The van der Waals surface area contributed by atoms with Crippen LogP contribution < -0.4 is 5.32 Å². The topological polar surface area (TPSA) is 46.9 Å². The van der Waals surface area contributed by atoms with Crippen LogP contribution in [-0.2, 0) is 16.6 Å². The highest BCUT2D eigenvalue weighted by atomic mass is 79.9. The van der Waals surface area contributed by atoms with Gasteiger partial charge in [0.1, 0.15) is 5.82 Å². The molecule has 3 rings (SSSR count). The van der Waals surface area contributed by atoms with Crippen LogP contribution in [0.15, 0.2) is 59.1 Å². The highest BCUT2D eigenvalue weighted by Gasteiger charge is 2.22. The molecule has 0 aliphatic carbocycles. The number of anilines is 1. The van der Waals surface area contributed by atoms with Gasteiger partial charge in [0, 0.05) is 16.0 Å². The first kappa shape index (κ1) is 19.6. The Morgan fingerprint density at radius 3 is 2.48 bits per heavy atom. The maximum atomic E-state index is 12.7. The van der Waals surface area contributed by atoms with E-state index in [2.05, 4.69) is 42.0 Å². The number of aromatic nitrogens is 2. The molecule has 2 aromatic carbocycles. The number of carbonyl (C=O) groups is 1. The Bertz CT molecular complexity index is 976. The van der Waals surface area contributed by atoms with E-state index in [0.29, 0.717) is 10.8 Å². The number of halogens is 2. The third-order valence-corrected chi connectivity index (χ3v) is 5.23. The van der Waals surface area contributed by atoms with Crippen LogP contribution in [0.4, 0.5) is 5.82 Å². The monoisotopic (exact) mass is 445 g/mol. The van der Waals surface area contributed by atoms with Crippen LogP contribution in [0.25, 0.3) is 5.69 Å². The van der Waals surface area contributed by atoms with Crippen molar-refractivity contribution in [1.82, 2.24) is 9.78 Å². The van der Waals surface area contributed by atoms with Crippen molar-refractivity contribution < 1.29 is 4.79 Å². The summed E-state index contributed by atoms with van der Waals surface area (Å²) in [6.45, 7) is 6.25. The second-order valence-corrected chi connectivity index (χ2v) is 8.61. The molecule has 1 amide bonds. The Labute approximate surface area is 172 Å². The van der Waals surface area contributed by atoms with E-state index in [0.717, 1.165) is 21.4 Å². The fraction of sp³-hybridized carbons (Fsp3) is 0.238. The van der Waals surface area contributed by atoms with Crippen LogP contribution in [0.3, 0.4) is 0 Å². The minimum absolute atomic E-state index is 0.115. The zero-order valence-electron chi connectivity index (χ0n) is 15.5. The predicted octanol–water partition coefficient (Wildman–Crippen LogP) is 5.77. The molecule has 1 aromatic heterocycles. The molecule has 140 valence electrons. The molecule has 0 fully saturated rings. The smallest absolute Gasteiger partial charge is 0.229 e. The van der Waals surface area contributed by atoms with Crippen LogP contribution in [0, 0.1) is 0 Å². The van der Waals surface area contributed by atoms with Crippen LogP contribution in [0.5, 0.6) is 0 Å². The van der Waals surface area contributed by atoms with Crippen molar-refractivity contribution in [2.75, 3.05) is 5.32 Å². The largest absolute Gasteiger partial charge is 0.310 e. The van der Waals surface area contributed by atoms with E-state index in [1.807, 2.05) is 54.6 Å². The Balaban J connectivity index is 1.94. The Morgan fingerprint density at radius 2 is 1.81 bits per heavy atom. The summed E-state index contributed by atoms with van der Waals surface area (Å²) < 4.78 is 2.61. The van der Waals surface area contributed by atoms with Gasteiger partial charge in [-0.1, -0.05) is 78.6 Å². The van der Waals surface area contributed by atoms with Gasteiger partial charge in [-0.2, -0.15) is 5.10 Å². The molecule has 0 saturated heterocycles. The van der Waals surface area contributed by atoms with Gasteiger partial charge in [0.05, 0.1) is 22.8 Å². The van der Waals surface area contributed by atoms with E-state index in [1.165, 1.54) is 0 Å². The number of hydrogen-bond acceptors (Lipinski definition) is 2. The minimum Gasteiger partial charge on any atom is -0.310 e. The highest BCUT2D eigenvalue weighted by Crippen LogP contribution is 2.29.